The number of tetrazole rings is 1. The summed E-state index contributed by atoms with van der Waals surface area (Å²) < 4.78 is 19.7. The molecule has 1 aromatic carbocycles. The number of aliphatic carboxylic acids is 1. The SMILES string of the molecule is COc1cc(-c2nnnn2CCCC(=O)O)ccc1F. The van der Waals surface area contributed by atoms with Crippen molar-refractivity contribution in [1.29, 1.82) is 0 Å². The molecule has 0 aliphatic rings. The lowest BCUT2D eigenvalue weighted by Crippen LogP contribution is -2.05. The average molecular weight is 280 g/mol. The maximum atomic E-state index is 13.4. The summed E-state index contributed by atoms with van der Waals surface area (Å²) in [6.07, 6.45) is 0.442. The van der Waals surface area contributed by atoms with Crippen LogP contribution in [0, 0.1) is 5.82 Å². The Morgan fingerprint density at radius 3 is 3.00 bits per heavy atom. The average Bonchev–Trinajstić information content (AvgIpc) is 2.87. The normalized spacial score (nSPS) is 10.5. The first kappa shape index (κ1) is 13.9. The van der Waals surface area contributed by atoms with Crippen molar-refractivity contribution in [2.45, 2.75) is 19.4 Å². The van der Waals surface area contributed by atoms with Gasteiger partial charge >= 0.3 is 5.97 Å². The van der Waals surface area contributed by atoms with Gasteiger partial charge in [-0.05, 0) is 35.0 Å². The largest absolute Gasteiger partial charge is 0.494 e. The zero-order valence-corrected chi connectivity index (χ0v) is 10.8. The summed E-state index contributed by atoms with van der Waals surface area (Å²) in [6.45, 7) is 0.369. The van der Waals surface area contributed by atoms with Crippen LogP contribution in [-0.2, 0) is 11.3 Å². The Bertz CT molecular complexity index is 614. The molecule has 1 aromatic heterocycles. The van der Waals surface area contributed by atoms with Crippen molar-refractivity contribution in [3.8, 4) is 17.1 Å². The lowest BCUT2D eigenvalue weighted by Gasteiger charge is -2.06. The van der Waals surface area contributed by atoms with Crippen molar-refractivity contribution < 1.29 is 19.0 Å². The van der Waals surface area contributed by atoms with Crippen LogP contribution >= 0.6 is 0 Å². The van der Waals surface area contributed by atoms with E-state index in [9.17, 15) is 9.18 Å². The number of ether oxygens (including phenoxy) is 1. The molecule has 0 aliphatic heterocycles. The van der Waals surface area contributed by atoms with E-state index in [-0.39, 0.29) is 12.2 Å². The molecular formula is C12H13FN4O3. The zero-order chi connectivity index (χ0) is 14.5. The summed E-state index contributed by atoms with van der Waals surface area (Å²) in [5.41, 5.74) is 0.601. The highest BCUT2D eigenvalue weighted by molar-refractivity contribution is 5.66. The number of rotatable bonds is 6. The van der Waals surface area contributed by atoms with Gasteiger partial charge in [-0.1, -0.05) is 0 Å². The van der Waals surface area contributed by atoms with E-state index >= 15 is 0 Å². The van der Waals surface area contributed by atoms with Gasteiger partial charge in [0.1, 0.15) is 0 Å². The van der Waals surface area contributed by atoms with E-state index in [1.54, 1.807) is 0 Å². The summed E-state index contributed by atoms with van der Waals surface area (Å²) in [5.74, 6) is -0.805. The number of halogens is 1. The third-order valence-electron chi connectivity index (χ3n) is 2.70. The van der Waals surface area contributed by atoms with E-state index in [1.165, 1.54) is 30.0 Å². The van der Waals surface area contributed by atoms with Crippen LogP contribution in [0.3, 0.4) is 0 Å². The first-order valence-corrected chi connectivity index (χ1v) is 5.93. The number of aromatic nitrogens is 4. The number of hydrogen-bond donors (Lipinski definition) is 1. The van der Waals surface area contributed by atoms with Gasteiger partial charge in [0, 0.05) is 18.5 Å². The Morgan fingerprint density at radius 1 is 1.50 bits per heavy atom. The van der Waals surface area contributed by atoms with Crippen molar-refractivity contribution in [2.75, 3.05) is 7.11 Å². The molecule has 0 saturated carbocycles. The zero-order valence-electron chi connectivity index (χ0n) is 10.8. The predicted octanol–water partition coefficient (Wildman–Crippen LogP) is 1.35. The van der Waals surface area contributed by atoms with Gasteiger partial charge in [0.05, 0.1) is 7.11 Å². The van der Waals surface area contributed by atoms with Gasteiger partial charge in [0.15, 0.2) is 17.4 Å². The Labute approximate surface area is 114 Å². The first-order chi connectivity index (χ1) is 9.61. The fourth-order valence-electron chi connectivity index (χ4n) is 1.74. The van der Waals surface area contributed by atoms with E-state index in [0.29, 0.717) is 24.4 Å². The maximum absolute atomic E-state index is 13.4. The monoisotopic (exact) mass is 280 g/mol. The van der Waals surface area contributed by atoms with Gasteiger partial charge in [-0.2, -0.15) is 0 Å². The molecule has 1 heterocycles. The summed E-state index contributed by atoms with van der Waals surface area (Å²) in [7, 11) is 1.37. The minimum absolute atomic E-state index is 0.0338. The first-order valence-electron chi connectivity index (χ1n) is 5.93. The number of methoxy groups -OCH3 is 1. The van der Waals surface area contributed by atoms with Crippen LogP contribution in [0.4, 0.5) is 4.39 Å². The van der Waals surface area contributed by atoms with E-state index < -0.39 is 11.8 Å². The number of carboxylic acids is 1. The van der Waals surface area contributed by atoms with Crippen LogP contribution in [0.15, 0.2) is 18.2 Å². The van der Waals surface area contributed by atoms with Gasteiger partial charge in [-0.25, -0.2) is 9.07 Å². The second kappa shape index (κ2) is 6.09. The summed E-state index contributed by atoms with van der Waals surface area (Å²) in [6, 6.07) is 4.30. The van der Waals surface area contributed by atoms with Crippen LogP contribution in [0.5, 0.6) is 5.75 Å². The highest BCUT2D eigenvalue weighted by Crippen LogP contribution is 2.24. The van der Waals surface area contributed by atoms with Crippen LogP contribution in [0.25, 0.3) is 11.4 Å². The molecule has 0 unspecified atom stereocenters. The van der Waals surface area contributed by atoms with E-state index in [4.69, 9.17) is 9.84 Å². The van der Waals surface area contributed by atoms with Crippen molar-refractivity contribution in [3.05, 3.63) is 24.0 Å². The molecule has 1 N–H and O–H groups in total. The molecular weight excluding hydrogens is 267 g/mol. The molecule has 7 nitrogen and oxygen atoms in total. The van der Waals surface area contributed by atoms with Gasteiger partial charge in [-0.3, -0.25) is 4.79 Å². The van der Waals surface area contributed by atoms with E-state index in [1.807, 2.05) is 0 Å². The van der Waals surface area contributed by atoms with Crippen LogP contribution in [0.1, 0.15) is 12.8 Å². The highest BCUT2D eigenvalue weighted by atomic mass is 19.1. The Kier molecular flexibility index (Phi) is 4.24. The minimum atomic E-state index is -0.872. The van der Waals surface area contributed by atoms with Crippen molar-refractivity contribution in [2.24, 2.45) is 0 Å². The van der Waals surface area contributed by atoms with Crippen molar-refractivity contribution in [1.82, 2.24) is 20.2 Å². The third-order valence-corrected chi connectivity index (χ3v) is 2.70. The molecule has 106 valence electrons. The molecule has 0 saturated heterocycles. The number of benzene rings is 1. The standard InChI is InChI=1S/C12H13FN4O3/c1-20-10-7-8(4-5-9(10)13)12-14-15-16-17(12)6-2-3-11(18)19/h4-5,7H,2-3,6H2,1H3,(H,18,19). The van der Waals surface area contributed by atoms with E-state index in [2.05, 4.69) is 15.5 Å². The van der Waals surface area contributed by atoms with Gasteiger partial charge in [0.2, 0.25) is 0 Å². The third kappa shape index (κ3) is 3.08. The molecule has 0 fully saturated rings. The second-order valence-corrected chi connectivity index (χ2v) is 4.07. The molecule has 20 heavy (non-hydrogen) atoms. The summed E-state index contributed by atoms with van der Waals surface area (Å²) in [4.78, 5) is 10.5. The molecule has 0 atom stereocenters. The Balaban J connectivity index is 2.21. The van der Waals surface area contributed by atoms with Crippen LogP contribution < -0.4 is 4.74 Å². The van der Waals surface area contributed by atoms with Crippen LogP contribution in [0.2, 0.25) is 0 Å². The summed E-state index contributed by atoms with van der Waals surface area (Å²) in [5, 5.41) is 19.8. The number of aryl methyl sites for hydroxylation is 1. The molecule has 2 aromatic rings. The molecule has 8 heteroatoms. The quantitative estimate of drug-likeness (QED) is 0.859. The fraction of sp³-hybridized carbons (Fsp3) is 0.333. The van der Waals surface area contributed by atoms with Crippen LogP contribution in [-0.4, -0.2) is 38.4 Å². The number of hydrogen-bond acceptors (Lipinski definition) is 5. The highest BCUT2D eigenvalue weighted by Gasteiger charge is 2.12. The second-order valence-electron chi connectivity index (χ2n) is 4.07. The predicted molar refractivity (Wildman–Crippen MR) is 66.6 cm³/mol. The molecule has 0 radical (unpaired) electrons. The Morgan fingerprint density at radius 2 is 2.30 bits per heavy atom. The maximum Gasteiger partial charge on any atom is 0.303 e. The van der Waals surface area contributed by atoms with Gasteiger partial charge in [-0.15, -0.1) is 5.10 Å². The molecule has 2 rings (SSSR count). The van der Waals surface area contributed by atoms with Gasteiger partial charge in [0.25, 0.3) is 0 Å². The van der Waals surface area contributed by atoms with E-state index in [0.717, 1.165) is 0 Å². The summed E-state index contributed by atoms with van der Waals surface area (Å²) >= 11 is 0. The smallest absolute Gasteiger partial charge is 0.303 e. The lowest BCUT2D eigenvalue weighted by atomic mass is 10.2. The fourth-order valence-corrected chi connectivity index (χ4v) is 1.74. The molecule has 0 amide bonds. The number of nitrogens with zero attached hydrogens (tertiary/aromatic N) is 4. The Hall–Kier alpha value is -2.51. The van der Waals surface area contributed by atoms with Gasteiger partial charge < -0.3 is 9.84 Å². The molecule has 0 aliphatic carbocycles. The molecule has 0 spiro atoms. The number of carbonyl (C=O) groups is 1. The number of carboxylic acid groups (broad SMARTS) is 1. The van der Waals surface area contributed by atoms with Crippen molar-refractivity contribution >= 4 is 5.97 Å². The lowest BCUT2D eigenvalue weighted by molar-refractivity contribution is -0.137. The molecule has 0 bridgehead atoms. The minimum Gasteiger partial charge on any atom is -0.494 e. The topological polar surface area (TPSA) is 90.1 Å². The van der Waals surface area contributed by atoms with Crippen molar-refractivity contribution in [3.63, 3.8) is 0 Å².